The summed E-state index contributed by atoms with van der Waals surface area (Å²) in [4.78, 5) is 20.9. The largest absolute Gasteiger partial charge is 0.484 e. The Morgan fingerprint density at radius 1 is 1.15 bits per heavy atom. The molecule has 7 heteroatoms. The van der Waals surface area contributed by atoms with Crippen LogP contribution in [0.3, 0.4) is 0 Å². The van der Waals surface area contributed by atoms with Crippen molar-refractivity contribution in [3.05, 3.63) is 54.0 Å². The number of amides is 1. The van der Waals surface area contributed by atoms with Crippen LogP contribution in [0.25, 0.3) is 0 Å². The Hall–Kier alpha value is -2.67. The van der Waals surface area contributed by atoms with Gasteiger partial charge in [0, 0.05) is 38.9 Å². The van der Waals surface area contributed by atoms with Gasteiger partial charge in [-0.25, -0.2) is 9.37 Å². The molecular weight excluding hydrogens is 335 g/mol. The number of anilines is 1. The molecule has 0 bridgehead atoms. The fraction of sp³-hybridized carbons (Fsp3) is 0.368. The number of carbonyl (C=O) groups is 1. The van der Waals surface area contributed by atoms with Crippen molar-refractivity contribution in [1.29, 1.82) is 0 Å². The minimum Gasteiger partial charge on any atom is -0.484 e. The zero-order valence-corrected chi connectivity index (χ0v) is 14.8. The Kier molecular flexibility index (Phi) is 6.01. The van der Waals surface area contributed by atoms with E-state index in [9.17, 15) is 9.18 Å². The number of likely N-dealkylation sites (N-methyl/N-ethyl adjacent to an activating group) is 1. The number of aromatic nitrogens is 1. The Bertz CT molecular complexity index is 713. The van der Waals surface area contributed by atoms with E-state index in [2.05, 4.69) is 27.1 Å². The topological polar surface area (TPSA) is 57.7 Å². The molecule has 2 aromatic rings. The number of halogens is 1. The molecule has 1 fully saturated rings. The highest BCUT2D eigenvalue weighted by atomic mass is 19.1. The average Bonchev–Trinajstić information content (AvgIpc) is 2.67. The van der Waals surface area contributed by atoms with Crippen molar-refractivity contribution < 1.29 is 13.9 Å². The molecule has 2 heterocycles. The number of pyridine rings is 1. The number of ether oxygens (including phenoxy) is 1. The Morgan fingerprint density at radius 3 is 2.54 bits per heavy atom. The van der Waals surface area contributed by atoms with E-state index >= 15 is 0 Å². The van der Waals surface area contributed by atoms with E-state index in [0.717, 1.165) is 37.6 Å². The highest BCUT2D eigenvalue weighted by Crippen LogP contribution is 2.14. The summed E-state index contributed by atoms with van der Waals surface area (Å²) in [6.45, 7) is 4.29. The summed E-state index contributed by atoms with van der Waals surface area (Å²) in [5.74, 6) is 0.847. The van der Waals surface area contributed by atoms with Gasteiger partial charge in [0.05, 0.1) is 0 Å². The van der Waals surface area contributed by atoms with Gasteiger partial charge >= 0.3 is 0 Å². The molecule has 0 spiro atoms. The van der Waals surface area contributed by atoms with Crippen molar-refractivity contribution in [3.8, 4) is 5.75 Å². The number of nitrogens with one attached hydrogen (secondary N) is 1. The predicted octanol–water partition coefficient (Wildman–Crippen LogP) is 1.67. The van der Waals surface area contributed by atoms with Crippen molar-refractivity contribution in [2.24, 2.45) is 0 Å². The maximum absolute atomic E-state index is 12.8. The molecule has 6 nitrogen and oxygen atoms in total. The van der Waals surface area contributed by atoms with E-state index in [1.54, 1.807) is 6.20 Å². The summed E-state index contributed by atoms with van der Waals surface area (Å²) in [5, 5.41) is 2.79. The molecule has 1 aromatic carbocycles. The van der Waals surface area contributed by atoms with Gasteiger partial charge in [-0.05, 0) is 42.9 Å². The third-order valence-electron chi connectivity index (χ3n) is 4.31. The van der Waals surface area contributed by atoms with Crippen LogP contribution in [-0.4, -0.2) is 55.6 Å². The molecule has 138 valence electrons. The number of piperazine rings is 1. The third-order valence-corrected chi connectivity index (χ3v) is 4.31. The van der Waals surface area contributed by atoms with Crippen LogP contribution in [0, 0.1) is 5.82 Å². The molecule has 0 aliphatic carbocycles. The molecule has 1 saturated heterocycles. The number of hydrogen-bond donors (Lipinski definition) is 1. The highest BCUT2D eigenvalue weighted by Gasteiger charge is 2.15. The van der Waals surface area contributed by atoms with Crippen molar-refractivity contribution in [2.75, 3.05) is 44.7 Å². The molecule has 1 amide bonds. The second-order valence-corrected chi connectivity index (χ2v) is 6.33. The molecule has 1 aromatic heterocycles. The number of nitrogens with zero attached hydrogens (tertiary/aromatic N) is 3. The lowest BCUT2D eigenvalue weighted by molar-refractivity contribution is -0.123. The Balaban J connectivity index is 1.42. The van der Waals surface area contributed by atoms with Crippen molar-refractivity contribution in [3.63, 3.8) is 0 Å². The first-order chi connectivity index (χ1) is 12.6. The van der Waals surface area contributed by atoms with Gasteiger partial charge in [-0.3, -0.25) is 4.79 Å². The molecule has 1 N–H and O–H groups in total. The number of benzene rings is 1. The van der Waals surface area contributed by atoms with E-state index in [-0.39, 0.29) is 18.3 Å². The fourth-order valence-corrected chi connectivity index (χ4v) is 2.68. The number of rotatable bonds is 6. The van der Waals surface area contributed by atoms with Crippen LogP contribution in [0.1, 0.15) is 5.56 Å². The normalized spacial score (nSPS) is 14.9. The lowest BCUT2D eigenvalue weighted by atomic mass is 10.2. The molecule has 0 radical (unpaired) electrons. The van der Waals surface area contributed by atoms with Crippen LogP contribution in [0.2, 0.25) is 0 Å². The maximum atomic E-state index is 12.8. The zero-order chi connectivity index (χ0) is 18.4. The minimum absolute atomic E-state index is 0.113. The van der Waals surface area contributed by atoms with Gasteiger partial charge in [-0.2, -0.15) is 0 Å². The molecule has 3 rings (SSSR count). The first kappa shape index (κ1) is 18.1. The maximum Gasteiger partial charge on any atom is 0.258 e. The second-order valence-electron chi connectivity index (χ2n) is 6.33. The summed E-state index contributed by atoms with van der Waals surface area (Å²) in [5.41, 5.74) is 0.929. The molecule has 1 aliphatic rings. The summed E-state index contributed by atoms with van der Waals surface area (Å²) in [6, 6.07) is 9.53. The summed E-state index contributed by atoms with van der Waals surface area (Å²) < 4.78 is 18.1. The van der Waals surface area contributed by atoms with Crippen molar-refractivity contribution >= 4 is 11.7 Å². The van der Waals surface area contributed by atoms with E-state index in [4.69, 9.17) is 4.74 Å². The lowest BCUT2D eigenvalue weighted by Gasteiger charge is -2.33. The van der Waals surface area contributed by atoms with Crippen LogP contribution in [-0.2, 0) is 11.3 Å². The lowest BCUT2D eigenvalue weighted by Crippen LogP contribution is -2.44. The monoisotopic (exact) mass is 358 g/mol. The van der Waals surface area contributed by atoms with Gasteiger partial charge in [0.25, 0.3) is 5.91 Å². The van der Waals surface area contributed by atoms with Crippen LogP contribution in [0.4, 0.5) is 10.2 Å². The van der Waals surface area contributed by atoms with Crippen molar-refractivity contribution in [2.45, 2.75) is 6.54 Å². The Labute approximate surface area is 152 Å². The first-order valence-electron chi connectivity index (χ1n) is 8.63. The highest BCUT2D eigenvalue weighted by molar-refractivity contribution is 5.77. The fourth-order valence-electron chi connectivity index (χ4n) is 2.68. The molecule has 0 atom stereocenters. The Morgan fingerprint density at radius 2 is 1.88 bits per heavy atom. The van der Waals surface area contributed by atoms with Crippen LogP contribution >= 0.6 is 0 Å². The van der Waals surface area contributed by atoms with Crippen LogP contribution < -0.4 is 15.0 Å². The van der Waals surface area contributed by atoms with Crippen LogP contribution in [0.15, 0.2) is 42.6 Å². The minimum atomic E-state index is -0.339. The predicted molar refractivity (Wildman–Crippen MR) is 97.7 cm³/mol. The molecule has 1 aliphatic heterocycles. The molecule has 0 saturated carbocycles. The summed E-state index contributed by atoms with van der Waals surface area (Å²) in [6.07, 6.45) is 1.79. The van der Waals surface area contributed by atoms with Gasteiger partial charge in [0.15, 0.2) is 6.61 Å². The van der Waals surface area contributed by atoms with Gasteiger partial charge in [-0.1, -0.05) is 6.07 Å². The van der Waals surface area contributed by atoms with Gasteiger partial charge in [0.1, 0.15) is 17.4 Å². The molecule has 0 unspecified atom stereocenters. The smallest absolute Gasteiger partial charge is 0.258 e. The van der Waals surface area contributed by atoms with Gasteiger partial charge in [0.2, 0.25) is 0 Å². The van der Waals surface area contributed by atoms with Crippen LogP contribution in [0.5, 0.6) is 5.75 Å². The average molecular weight is 358 g/mol. The van der Waals surface area contributed by atoms with E-state index in [1.165, 1.54) is 24.3 Å². The number of hydrogen-bond acceptors (Lipinski definition) is 5. The third kappa shape index (κ3) is 5.16. The summed E-state index contributed by atoms with van der Waals surface area (Å²) in [7, 11) is 2.12. The standard InChI is InChI=1S/C19H23FN4O2/c1-23-8-10-24(11-9-23)18-7-2-15(12-21-18)13-22-19(25)14-26-17-5-3-16(20)4-6-17/h2-7,12H,8-11,13-14H2,1H3,(H,22,25). The first-order valence-corrected chi connectivity index (χ1v) is 8.63. The van der Waals surface area contributed by atoms with Gasteiger partial charge < -0.3 is 19.9 Å². The van der Waals surface area contributed by atoms with Gasteiger partial charge in [-0.15, -0.1) is 0 Å². The van der Waals surface area contributed by atoms with E-state index in [0.29, 0.717) is 12.3 Å². The van der Waals surface area contributed by atoms with E-state index < -0.39 is 0 Å². The van der Waals surface area contributed by atoms with E-state index in [1.807, 2.05) is 12.1 Å². The SMILES string of the molecule is CN1CCN(c2ccc(CNC(=O)COc3ccc(F)cc3)cn2)CC1. The zero-order valence-electron chi connectivity index (χ0n) is 14.8. The quantitative estimate of drug-likeness (QED) is 0.851. The summed E-state index contributed by atoms with van der Waals surface area (Å²) >= 11 is 0. The molecular formula is C19H23FN4O2. The number of carbonyl (C=O) groups excluding carboxylic acids is 1. The molecule has 26 heavy (non-hydrogen) atoms. The van der Waals surface area contributed by atoms with Crippen molar-refractivity contribution in [1.82, 2.24) is 15.2 Å². The second kappa shape index (κ2) is 8.62.